The number of fused-ring (bicyclic) bond motifs is 1. The second-order valence-corrected chi connectivity index (χ2v) is 7.88. The van der Waals surface area contributed by atoms with Crippen molar-refractivity contribution in [1.29, 1.82) is 0 Å². The number of pyridine rings is 1. The van der Waals surface area contributed by atoms with Crippen molar-refractivity contribution in [3.05, 3.63) is 52.6 Å². The van der Waals surface area contributed by atoms with Crippen LogP contribution < -0.4 is 5.32 Å². The van der Waals surface area contributed by atoms with E-state index in [-0.39, 0.29) is 17.8 Å². The van der Waals surface area contributed by atoms with Crippen LogP contribution in [0.1, 0.15) is 48.7 Å². The first-order chi connectivity index (χ1) is 13.5. The maximum Gasteiger partial charge on any atom is 0.254 e. The van der Waals surface area contributed by atoms with E-state index in [1.165, 1.54) is 24.8 Å². The number of aromatic nitrogens is 3. The molecule has 28 heavy (non-hydrogen) atoms. The standard InChI is InChI=1S/C21H22ClFN4O/c1-12-5-3-4-6-17(12)25-21(28)16-11-24-20-18(19(16)22)13(2)26-27(20)15-9-7-14(23)8-10-15/h7-12,17H,3-6H2,1-2H3,(H,25,28)/t12-,17+/m0/s1. The highest BCUT2D eigenvalue weighted by molar-refractivity contribution is 6.38. The minimum absolute atomic E-state index is 0.163. The van der Waals surface area contributed by atoms with Crippen molar-refractivity contribution in [3.63, 3.8) is 0 Å². The van der Waals surface area contributed by atoms with Crippen LogP contribution in [0.25, 0.3) is 16.7 Å². The van der Waals surface area contributed by atoms with E-state index in [0.717, 1.165) is 19.3 Å². The quantitative estimate of drug-likeness (QED) is 0.685. The molecule has 5 nitrogen and oxygen atoms in total. The van der Waals surface area contributed by atoms with Gasteiger partial charge < -0.3 is 5.32 Å². The zero-order valence-corrected chi connectivity index (χ0v) is 16.6. The maximum atomic E-state index is 13.2. The molecule has 2 atom stereocenters. The van der Waals surface area contributed by atoms with Gasteiger partial charge in [-0.05, 0) is 49.9 Å². The second kappa shape index (κ2) is 7.51. The summed E-state index contributed by atoms with van der Waals surface area (Å²) in [6.45, 7) is 3.99. The largest absolute Gasteiger partial charge is 0.349 e. The molecule has 3 aromatic rings. The Kier molecular flexibility index (Phi) is 5.06. The Morgan fingerprint density at radius 3 is 2.68 bits per heavy atom. The molecule has 0 unspecified atom stereocenters. The number of benzene rings is 1. The van der Waals surface area contributed by atoms with Gasteiger partial charge in [-0.15, -0.1) is 0 Å². The molecule has 0 radical (unpaired) electrons. The van der Waals surface area contributed by atoms with Gasteiger partial charge in [0.15, 0.2) is 5.65 Å². The number of carbonyl (C=O) groups is 1. The summed E-state index contributed by atoms with van der Waals surface area (Å²) in [4.78, 5) is 17.3. The molecule has 1 aliphatic rings. The smallest absolute Gasteiger partial charge is 0.254 e. The Morgan fingerprint density at radius 1 is 1.25 bits per heavy atom. The van der Waals surface area contributed by atoms with Gasteiger partial charge in [0.25, 0.3) is 5.91 Å². The van der Waals surface area contributed by atoms with Crippen LogP contribution in [0.3, 0.4) is 0 Å². The molecule has 1 N–H and O–H groups in total. The van der Waals surface area contributed by atoms with Crippen LogP contribution in [0.15, 0.2) is 30.5 Å². The molecule has 2 aromatic heterocycles. The molecule has 4 rings (SSSR count). The molecule has 1 aromatic carbocycles. The summed E-state index contributed by atoms with van der Waals surface area (Å²) < 4.78 is 14.8. The Labute approximate surface area is 167 Å². The number of hydrogen-bond donors (Lipinski definition) is 1. The fourth-order valence-electron chi connectivity index (χ4n) is 3.91. The molecule has 1 fully saturated rings. The first-order valence-corrected chi connectivity index (χ1v) is 9.94. The fourth-order valence-corrected chi connectivity index (χ4v) is 4.26. The van der Waals surface area contributed by atoms with E-state index in [4.69, 9.17) is 11.6 Å². The summed E-state index contributed by atoms with van der Waals surface area (Å²) in [6, 6.07) is 6.15. The van der Waals surface area contributed by atoms with Crippen LogP contribution in [-0.4, -0.2) is 26.7 Å². The number of nitrogens with one attached hydrogen (secondary N) is 1. The van der Waals surface area contributed by atoms with Crippen LogP contribution in [0, 0.1) is 18.7 Å². The molecule has 0 aliphatic heterocycles. The van der Waals surface area contributed by atoms with Gasteiger partial charge in [-0.1, -0.05) is 31.4 Å². The van der Waals surface area contributed by atoms with Crippen molar-refractivity contribution in [3.8, 4) is 5.69 Å². The lowest BCUT2D eigenvalue weighted by Crippen LogP contribution is -2.41. The van der Waals surface area contributed by atoms with E-state index in [2.05, 4.69) is 22.3 Å². The van der Waals surface area contributed by atoms with Crippen molar-refractivity contribution in [2.24, 2.45) is 5.92 Å². The van der Waals surface area contributed by atoms with Crippen molar-refractivity contribution in [2.75, 3.05) is 0 Å². The third-order valence-electron chi connectivity index (χ3n) is 5.55. The van der Waals surface area contributed by atoms with Gasteiger partial charge in [-0.25, -0.2) is 14.1 Å². The van der Waals surface area contributed by atoms with E-state index < -0.39 is 0 Å². The number of rotatable bonds is 3. The number of nitrogens with zero attached hydrogens (tertiary/aromatic N) is 3. The van der Waals surface area contributed by atoms with Crippen LogP contribution in [0.2, 0.25) is 5.02 Å². The topological polar surface area (TPSA) is 59.8 Å². The molecule has 1 saturated carbocycles. The van der Waals surface area contributed by atoms with Crippen molar-refractivity contribution >= 4 is 28.5 Å². The summed E-state index contributed by atoms with van der Waals surface area (Å²) >= 11 is 6.61. The third-order valence-corrected chi connectivity index (χ3v) is 5.94. The van der Waals surface area contributed by atoms with Gasteiger partial charge in [-0.3, -0.25) is 4.79 Å². The van der Waals surface area contributed by atoms with Crippen LogP contribution in [0.4, 0.5) is 4.39 Å². The average Bonchev–Trinajstić information content (AvgIpc) is 3.02. The van der Waals surface area contributed by atoms with Gasteiger partial charge in [-0.2, -0.15) is 5.10 Å². The normalized spacial score (nSPS) is 19.7. The van der Waals surface area contributed by atoms with Crippen LogP contribution in [0.5, 0.6) is 0 Å². The Bertz CT molecular complexity index is 1030. The van der Waals surface area contributed by atoms with Crippen LogP contribution in [-0.2, 0) is 0 Å². The molecule has 1 amide bonds. The highest BCUT2D eigenvalue weighted by Gasteiger charge is 2.26. The number of aryl methyl sites for hydroxylation is 1. The SMILES string of the molecule is Cc1nn(-c2ccc(F)cc2)c2ncc(C(=O)N[C@@H]3CCCC[C@@H]3C)c(Cl)c12. The molecular formula is C21H22ClFN4O. The zero-order valence-electron chi connectivity index (χ0n) is 15.9. The number of amides is 1. The molecular weight excluding hydrogens is 379 g/mol. The van der Waals surface area contributed by atoms with E-state index in [1.54, 1.807) is 16.8 Å². The van der Waals surface area contributed by atoms with Crippen molar-refractivity contribution < 1.29 is 9.18 Å². The van der Waals surface area contributed by atoms with E-state index in [9.17, 15) is 9.18 Å². The lowest BCUT2D eigenvalue weighted by molar-refractivity contribution is 0.0910. The van der Waals surface area contributed by atoms with Crippen LogP contribution >= 0.6 is 11.6 Å². The first kappa shape index (κ1) is 18.9. The Balaban J connectivity index is 1.70. The third kappa shape index (κ3) is 3.37. The van der Waals surface area contributed by atoms with Gasteiger partial charge in [0.1, 0.15) is 5.82 Å². The second-order valence-electron chi connectivity index (χ2n) is 7.50. The summed E-state index contributed by atoms with van der Waals surface area (Å²) in [5.41, 5.74) is 2.24. The van der Waals surface area contributed by atoms with Gasteiger partial charge in [0, 0.05) is 12.2 Å². The molecule has 2 heterocycles. The first-order valence-electron chi connectivity index (χ1n) is 9.56. The fraction of sp³-hybridized carbons (Fsp3) is 0.381. The monoisotopic (exact) mass is 400 g/mol. The number of carbonyl (C=O) groups excluding carboxylic acids is 1. The highest BCUT2D eigenvalue weighted by Crippen LogP contribution is 2.31. The number of halogens is 2. The molecule has 1 aliphatic carbocycles. The summed E-state index contributed by atoms with van der Waals surface area (Å²) in [5.74, 6) is -0.0676. The zero-order chi connectivity index (χ0) is 19.8. The lowest BCUT2D eigenvalue weighted by Gasteiger charge is -2.29. The van der Waals surface area contributed by atoms with E-state index >= 15 is 0 Å². The molecule has 146 valence electrons. The molecule has 0 bridgehead atoms. The predicted octanol–water partition coefficient (Wildman–Crippen LogP) is 4.83. The molecule has 7 heteroatoms. The Morgan fingerprint density at radius 2 is 1.96 bits per heavy atom. The maximum absolute atomic E-state index is 13.2. The molecule has 0 spiro atoms. The van der Waals surface area contributed by atoms with Crippen molar-refractivity contribution in [1.82, 2.24) is 20.1 Å². The van der Waals surface area contributed by atoms with E-state index in [0.29, 0.717) is 38.9 Å². The summed E-state index contributed by atoms with van der Waals surface area (Å²) in [7, 11) is 0. The summed E-state index contributed by atoms with van der Waals surface area (Å²) in [6.07, 6.45) is 5.95. The number of hydrogen-bond acceptors (Lipinski definition) is 3. The minimum atomic E-state index is -0.321. The van der Waals surface area contributed by atoms with Gasteiger partial charge in [0.05, 0.1) is 27.4 Å². The lowest BCUT2D eigenvalue weighted by atomic mass is 9.86. The molecule has 0 saturated heterocycles. The van der Waals surface area contributed by atoms with Gasteiger partial charge >= 0.3 is 0 Å². The highest BCUT2D eigenvalue weighted by atomic mass is 35.5. The minimum Gasteiger partial charge on any atom is -0.349 e. The van der Waals surface area contributed by atoms with E-state index in [1.807, 2.05) is 6.92 Å². The average molecular weight is 401 g/mol. The Hall–Kier alpha value is -2.47. The van der Waals surface area contributed by atoms with Crippen molar-refractivity contribution in [2.45, 2.75) is 45.6 Å². The summed E-state index contributed by atoms with van der Waals surface area (Å²) in [5, 5.41) is 8.60. The predicted molar refractivity (Wildman–Crippen MR) is 107 cm³/mol. The van der Waals surface area contributed by atoms with Gasteiger partial charge in [0.2, 0.25) is 0 Å².